The van der Waals surface area contributed by atoms with E-state index in [1.807, 2.05) is 0 Å². The lowest BCUT2D eigenvalue weighted by Gasteiger charge is -2.26. The zero-order chi connectivity index (χ0) is 21.0. The van der Waals surface area contributed by atoms with E-state index in [2.05, 4.69) is 6.92 Å². The van der Waals surface area contributed by atoms with Gasteiger partial charge in [0.1, 0.15) is 5.75 Å². The molecule has 0 fully saturated rings. The topological polar surface area (TPSA) is 148 Å². The number of aliphatic hydroxyl groups is 1. The molecule has 0 bridgehead atoms. The summed E-state index contributed by atoms with van der Waals surface area (Å²) >= 11 is 0. The van der Waals surface area contributed by atoms with Gasteiger partial charge < -0.3 is 29.4 Å². The molecule has 0 aliphatic rings. The fourth-order valence-electron chi connectivity index (χ4n) is 2.47. The number of aromatic nitrogens is 1. The number of hydrogen-bond acceptors (Lipinski definition) is 4. The van der Waals surface area contributed by atoms with Gasteiger partial charge in [0, 0.05) is 11.6 Å². The summed E-state index contributed by atoms with van der Waals surface area (Å²) in [7, 11) is -11.1. The number of hydrogen-bond donors (Lipinski definition) is 5. The molecule has 0 atom stereocenters. The second-order valence-corrected chi connectivity index (χ2v) is 10.4. The minimum atomic E-state index is -5.53. The Kier molecular flexibility index (Phi) is 7.17. The highest BCUT2D eigenvalue weighted by Crippen LogP contribution is 2.67. The molecule has 0 aliphatic heterocycles. The van der Waals surface area contributed by atoms with Crippen LogP contribution < -0.4 is 9.30 Å². The third kappa shape index (κ3) is 5.27. The standard InChI is InChI=1S/C17H23NO8P2/c1-2-3-11-26-16-8-6-14(7-9-16)15-5-4-10-18(12-15)13-17(19,27(20,21)22)28(23,24)25/h4-10,12,19H,2-3,11,13H2,1H3,(H3-,20,21,22,23,24,25)/p+1. The molecular formula is C17H24NO8P2+. The van der Waals surface area contributed by atoms with E-state index >= 15 is 0 Å². The molecule has 2 aromatic rings. The molecule has 1 aromatic heterocycles. The molecule has 1 heterocycles. The van der Waals surface area contributed by atoms with E-state index in [0.717, 1.165) is 23.0 Å². The lowest BCUT2D eigenvalue weighted by Crippen LogP contribution is -2.47. The van der Waals surface area contributed by atoms with E-state index in [4.69, 9.17) is 4.74 Å². The summed E-state index contributed by atoms with van der Waals surface area (Å²) in [5.74, 6) is 0.707. The van der Waals surface area contributed by atoms with Gasteiger partial charge in [0.25, 0.3) is 0 Å². The van der Waals surface area contributed by atoms with E-state index in [-0.39, 0.29) is 0 Å². The summed E-state index contributed by atoms with van der Waals surface area (Å²) in [5.41, 5.74) is 1.38. The zero-order valence-corrected chi connectivity index (χ0v) is 17.0. The van der Waals surface area contributed by atoms with Crippen LogP contribution in [-0.2, 0) is 15.7 Å². The smallest absolute Gasteiger partial charge is 0.376 e. The molecule has 0 radical (unpaired) electrons. The predicted octanol–water partition coefficient (Wildman–Crippen LogP) is 1.82. The van der Waals surface area contributed by atoms with Gasteiger partial charge in [-0.1, -0.05) is 25.5 Å². The quantitative estimate of drug-likeness (QED) is 0.229. The Balaban J connectivity index is 2.27. The van der Waals surface area contributed by atoms with E-state index in [0.29, 0.717) is 17.9 Å². The molecule has 1 aromatic carbocycles. The minimum Gasteiger partial charge on any atom is -0.494 e. The SMILES string of the molecule is CCCCOc1ccc(-c2ccc[n+](CC(O)(P(=O)(O)O)P(=O)(O)O)c2)cc1. The van der Waals surface area contributed by atoms with Crippen molar-refractivity contribution in [3.8, 4) is 16.9 Å². The maximum Gasteiger partial charge on any atom is 0.376 e. The van der Waals surface area contributed by atoms with Gasteiger partial charge in [-0.15, -0.1) is 0 Å². The Bertz CT molecular complexity index is 868. The van der Waals surface area contributed by atoms with Crippen LogP contribution in [-0.4, -0.2) is 36.4 Å². The first-order chi connectivity index (χ1) is 13.0. The van der Waals surface area contributed by atoms with Crippen molar-refractivity contribution in [1.29, 1.82) is 0 Å². The molecule has 0 saturated heterocycles. The highest BCUT2D eigenvalue weighted by atomic mass is 31.2. The number of benzene rings is 1. The van der Waals surface area contributed by atoms with Crippen LogP contribution in [0.4, 0.5) is 0 Å². The minimum absolute atomic E-state index is 0.616. The van der Waals surface area contributed by atoms with Crippen LogP contribution in [0.2, 0.25) is 0 Å². The molecule has 0 spiro atoms. The van der Waals surface area contributed by atoms with Crippen LogP contribution >= 0.6 is 15.2 Å². The van der Waals surface area contributed by atoms with Gasteiger partial charge in [-0.3, -0.25) is 9.13 Å². The summed E-state index contributed by atoms with van der Waals surface area (Å²) in [6, 6.07) is 10.4. The van der Waals surface area contributed by atoms with E-state index in [1.165, 1.54) is 12.4 Å². The van der Waals surface area contributed by atoms with Crippen molar-refractivity contribution in [2.45, 2.75) is 31.4 Å². The molecule has 5 N–H and O–H groups in total. The average Bonchev–Trinajstić information content (AvgIpc) is 2.61. The van der Waals surface area contributed by atoms with Crippen LogP contribution in [0, 0.1) is 0 Å². The highest BCUT2D eigenvalue weighted by Gasteiger charge is 2.62. The van der Waals surface area contributed by atoms with Gasteiger partial charge in [0.15, 0.2) is 12.4 Å². The fourth-order valence-corrected chi connectivity index (χ4v) is 4.52. The van der Waals surface area contributed by atoms with Crippen LogP contribution in [0.25, 0.3) is 11.1 Å². The highest BCUT2D eigenvalue weighted by molar-refractivity contribution is 7.72. The van der Waals surface area contributed by atoms with Crippen LogP contribution in [0.1, 0.15) is 19.8 Å². The Labute approximate surface area is 162 Å². The van der Waals surface area contributed by atoms with Gasteiger partial charge >= 0.3 is 20.3 Å². The largest absolute Gasteiger partial charge is 0.494 e. The van der Waals surface area contributed by atoms with Crippen LogP contribution in [0.15, 0.2) is 48.8 Å². The summed E-state index contributed by atoms with van der Waals surface area (Å²) < 4.78 is 29.8. The molecule has 2 rings (SSSR count). The summed E-state index contributed by atoms with van der Waals surface area (Å²) in [4.78, 5) is 37.1. The Morgan fingerprint density at radius 2 is 1.61 bits per heavy atom. The van der Waals surface area contributed by atoms with E-state index in [9.17, 15) is 33.8 Å². The first-order valence-corrected chi connectivity index (χ1v) is 11.8. The van der Waals surface area contributed by atoms with E-state index in [1.54, 1.807) is 36.4 Å². The predicted molar refractivity (Wildman–Crippen MR) is 102 cm³/mol. The Morgan fingerprint density at radius 1 is 1.00 bits per heavy atom. The Morgan fingerprint density at radius 3 is 2.14 bits per heavy atom. The molecule has 11 heteroatoms. The van der Waals surface area contributed by atoms with Crippen LogP contribution in [0.3, 0.4) is 0 Å². The second-order valence-electron chi connectivity index (χ2n) is 6.35. The van der Waals surface area contributed by atoms with Crippen molar-refractivity contribution in [3.05, 3.63) is 48.8 Å². The molecule has 154 valence electrons. The molecule has 9 nitrogen and oxygen atoms in total. The maximum atomic E-state index is 11.5. The average molecular weight is 432 g/mol. The maximum absolute atomic E-state index is 11.5. The first-order valence-electron chi connectivity index (χ1n) is 8.54. The van der Waals surface area contributed by atoms with Gasteiger partial charge in [0.05, 0.1) is 6.61 Å². The molecular weight excluding hydrogens is 408 g/mol. The van der Waals surface area contributed by atoms with Crippen molar-refractivity contribution >= 4 is 15.2 Å². The zero-order valence-electron chi connectivity index (χ0n) is 15.2. The van der Waals surface area contributed by atoms with Gasteiger partial charge in [-0.05, 0) is 30.2 Å². The lowest BCUT2D eigenvalue weighted by atomic mass is 10.1. The second kappa shape index (κ2) is 8.84. The number of rotatable bonds is 9. The normalized spacial score (nSPS) is 12.8. The van der Waals surface area contributed by atoms with Crippen molar-refractivity contribution in [1.82, 2.24) is 0 Å². The number of nitrogens with zero attached hydrogens (tertiary/aromatic N) is 1. The number of ether oxygens (including phenoxy) is 1. The molecule has 0 amide bonds. The Hall–Kier alpha value is -1.57. The van der Waals surface area contributed by atoms with Crippen LogP contribution in [0.5, 0.6) is 5.75 Å². The van der Waals surface area contributed by atoms with Crippen molar-refractivity contribution in [2.24, 2.45) is 0 Å². The van der Waals surface area contributed by atoms with Crippen molar-refractivity contribution in [3.63, 3.8) is 0 Å². The van der Waals surface area contributed by atoms with Crippen molar-refractivity contribution < 1.29 is 43.1 Å². The van der Waals surface area contributed by atoms with Gasteiger partial charge in [0.2, 0.25) is 6.54 Å². The van der Waals surface area contributed by atoms with E-state index < -0.39 is 26.8 Å². The summed E-state index contributed by atoms with van der Waals surface area (Å²) in [5, 5.41) is 6.56. The monoisotopic (exact) mass is 432 g/mol. The number of pyridine rings is 1. The van der Waals surface area contributed by atoms with Gasteiger partial charge in [-0.2, -0.15) is 0 Å². The third-order valence-corrected chi connectivity index (χ3v) is 7.85. The summed E-state index contributed by atoms with van der Waals surface area (Å²) in [6.45, 7) is 1.70. The molecule has 28 heavy (non-hydrogen) atoms. The van der Waals surface area contributed by atoms with Crippen molar-refractivity contribution in [2.75, 3.05) is 6.61 Å². The molecule has 0 saturated carbocycles. The van der Waals surface area contributed by atoms with Gasteiger partial charge in [-0.25, -0.2) is 4.57 Å². The lowest BCUT2D eigenvalue weighted by molar-refractivity contribution is -0.703. The third-order valence-electron chi connectivity index (χ3n) is 4.14. The number of unbranched alkanes of at least 4 members (excludes halogenated alkanes) is 1. The fraction of sp³-hybridized carbons (Fsp3) is 0.353. The molecule has 0 aliphatic carbocycles. The first kappa shape index (κ1) is 22.7. The summed E-state index contributed by atoms with van der Waals surface area (Å²) in [6.07, 6.45) is 4.76. The molecule has 0 unspecified atom stereocenters.